The number of aromatic nitrogens is 2. The highest BCUT2D eigenvalue weighted by atomic mass is 32.2. The standard InChI is InChI=1S/C14H23N3O3S/c1-3-8-19-11-6-5-7-17(9-11)13(18)10-21-14-16-15-12(4-2)20-14/h11H,3-10H2,1-2H3. The first kappa shape index (κ1) is 16.3. The van der Waals surface area contributed by atoms with E-state index in [9.17, 15) is 4.79 Å². The van der Waals surface area contributed by atoms with Gasteiger partial charge < -0.3 is 14.1 Å². The quantitative estimate of drug-likeness (QED) is 0.718. The zero-order chi connectivity index (χ0) is 15.1. The third-order valence-corrected chi connectivity index (χ3v) is 4.16. The van der Waals surface area contributed by atoms with E-state index in [-0.39, 0.29) is 12.0 Å². The Kier molecular flexibility index (Phi) is 6.50. The molecule has 0 saturated carbocycles. The number of rotatable bonds is 7. The van der Waals surface area contributed by atoms with Crippen LogP contribution >= 0.6 is 11.8 Å². The monoisotopic (exact) mass is 313 g/mol. The summed E-state index contributed by atoms with van der Waals surface area (Å²) in [5.74, 6) is 1.06. The minimum Gasteiger partial charge on any atom is -0.416 e. The van der Waals surface area contributed by atoms with Gasteiger partial charge in [0.1, 0.15) is 0 Å². The van der Waals surface area contributed by atoms with Crippen molar-refractivity contribution in [2.24, 2.45) is 0 Å². The van der Waals surface area contributed by atoms with E-state index < -0.39 is 0 Å². The van der Waals surface area contributed by atoms with Crippen molar-refractivity contribution >= 4 is 17.7 Å². The van der Waals surface area contributed by atoms with Crippen molar-refractivity contribution in [3.05, 3.63) is 5.89 Å². The topological polar surface area (TPSA) is 68.5 Å². The highest BCUT2D eigenvalue weighted by molar-refractivity contribution is 7.99. The maximum Gasteiger partial charge on any atom is 0.277 e. The second-order valence-corrected chi connectivity index (χ2v) is 6.01. The lowest BCUT2D eigenvalue weighted by Gasteiger charge is -2.32. The predicted molar refractivity (Wildman–Crippen MR) is 80.2 cm³/mol. The van der Waals surface area contributed by atoms with Gasteiger partial charge in [0.25, 0.3) is 5.22 Å². The van der Waals surface area contributed by atoms with Gasteiger partial charge in [0, 0.05) is 26.1 Å². The van der Waals surface area contributed by atoms with Crippen LogP contribution in [0.1, 0.15) is 39.0 Å². The number of carbonyl (C=O) groups excluding carboxylic acids is 1. The van der Waals surface area contributed by atoms with Gasteiger partial charge in [-0.05, 0) is 19.3 Å². The molecule has 1 unspecified atom stereocenters. The van der Waals surface area contributed by atoms with Crippen molar-refractivity contribution in [1.29, 1.82) is 0 Å². The van der Waals surface area contributed by atoms with Gasteiger partial charge in [-0.2, -0.15) is 0 Å². The molecule has 6 nitrogen and oxygen atoms in total. The van der Waals surface area contributed by atoms with Crippen molar-refractivity contribution in [3.8, 4) is 0 Å². The first-order chi connectivity index (χ1) is 10.2. The van der Waals surface area contributed by atoms with Gasteiger partial charge in [-0.15, -0.1) is 10.2 Å². The fourth-order valence-corrected chi connectivity index (χ4v) is 2.92. The van der Waals surface area contributed by atoms with Crippen molar-refractivity contribution < 1.29 is 13.9 Å². The predicted octanol–water partition coefficient (Wildman–Crippen LogP) is 2.14. The third kappa shape index (κ3) is 5.00. The molecule has 1 aromatic rings. The van der Waals surface area contributed by atoms with E-state index in [1.54, 1.807) is 0 Å². The van der Waals surface area contributed by atoms with Gasteiger partial charge >= 0.3 is 0 Å². The molecule has 0 spiro atoms. The Morgan fingerprint density at radius 1 is 1.48 bits per heavy atom. The van der Waals surface area contributed by atoms with Crippen LogP contribution in [0.15, 0.2) is 9.64 Å². The van der Waals surface area contributed by atoms with Gasteiger partial charge in [0.15, 0.2) is 0 Å². The van der Waals surface area contributed by atoms with E-state index >= 15 is 0 Å². The van der Waals surface area contributed by atoms with Crippen LogP contribution < -0.4 is 0 Å². The summed E-state index contributed by atoms with van der Waals surface area (Å²) >= 11 is 1.31. The van der Waals surface area contributed by atoms with Crippen molar-refractivity contribution in [1.82, 2.24) is 15.1 Å². The molecule has 2 heterocycles. The van der Waals surface area contributed by atoms with Gasteiger partial charge in [-0.1, -0.05) is 25.6 Å². The van der Waals surface area contributed by atoms with Gasteiger partial charge in [-0.25, -0.2) is 0 Å². The summed E-state index contributed by atoms with van der Waals surface area (Å²) in [4.78, 5) is 14.1. The summed E-state index contributed by atoms with van der Waals surface area (Å²) in [6.07, 6.45) is 3.95. The zero-order valence-corrected chi connectivity index (χ0v) is 13.5. The van der Waals surface area contributed by atoms with Crippen molar-refractivity contribution in [2.75, 3.05) is 25.4 Å². The van der Waals surface area contributed by atoms with Crippen LogP contribution in [-0.4, -0.2) is 52.6 Å². The van der Waals surface area contributed by atoms with Crippen LogP contribution in [0.25, 0.3) is 0 Å². The van der Waals surface area contributed by atoms with E-state index in [0.717, 1.165) is 32.4 Å². The summed E-state index contributed by atoms with van der Waals surface area (Å²) in [6.45, 7) is 6.33. The normalized spacial score (nSPS) is 19.0. The minimum atomic E-state index is 0.112. The number of likely N-dealkylation sites (tertiary alicyclic amines) is 1. The summed E-state index contributed by atoms with van der Waals surface area (Å²) in [7, 11) is 0. The summed E-state index contributed by atoms with van der Waals surface area (Å²) < 4.78 is 11.1. The molecule has 1 saturated heterocycles. The zero-order valence-electron chi connectivity index (χ0n) is 12.7. The molecule has 1 amide bonds. The fourth-order valence-electron chi connectivity index (χ4n) is 2.24. The van der Waals surface area contributed by atoms with Crippen LogP contribution in [0.5, 0.6) is 0 Å². The Morgan fingerprint density at radius 2 is 2.33 bits per heavy atom. The Bertz CT molecular complexity index is 452. The molecule has 118 valence electrons. The molecular formula is C14H23N3O3S. The van der Waals surface area contributed by atoms with Crippen LogP contribution in [-0.2, 0) is 16.0 Å². The SMILES string of the molecule is CCCOC1CCCN(C(=O)CSc2nnc(CC)o2)C1. The largest absolute Gasteiger partial charge is 0.416 e. The summed E-state index contributed by atoms with van der Waals surface area (Å²) in [5, 5.41) is 8.27. The number of piperidine rings is 1. The summed E-state index contributed by atoms with van der Waals surface area (Å²) in [5.41, 5.74) is 0. The lowest BCUT2D eigenvalue weighted by Crippen LogP contribution is -2.44. The van der Waals surface area contributed by atoms with Gasteiger partial charge in [0.05, 0.1) is 11.9 Å². The molecule has 2 rings (SSSR count). The molecular weight excluding hydrogens is 290 g/mol. The number of thioether (sulfide) groups is 1. The second-order valence-electron chi connectivity index (χ2n) is 5.08. The van der Waals surface area contributed by atoms with Gasteiger partial charge in [0.2, 0.25) is 11.8 Å². The van der Waals surface area contributed by atoms with E-state index in [2.05, 4.69) is 17.1 Å². The number of nitrogens with zero attached hydrogens (tertiary/aromatic N) is 3. The van der Waals surface area contributed by atoms with Crippen LogP contribution in [0.3, 0.4) is 0 Å². The molecule has 1 aromatic heterocycles. The van der Waals surface area contributed by atoms with Crippen molar-refractivity contribution in [2.45, 2.75) is 50.9 Å². The lowest BCUT2D eigenvalue weighted by atomic mass is 10.1. The Labute approximate surface area is 129 Å². The van der Waals surface area contributed by atoms with E-state index in [1.165, 1.54) is 11.8 Å². The van der Waals surface area contributed by atoms with Crippen LogP contribution in [0.4, 0.5) is 0 Å². The molecule has 0 aliphatic carbocycles. The maximum absolute atomic E-state index is 12.2. The highest BCUT2D eigenvalue weighted by Crippen LogP contribution is 2.19. The molecule has 0 bridgehead atoms. The lowest BCUT2D eigenvalue weighted by molar-refractivity contribution is -0.132. The first-order valence-corrected chi connectivity index (χ1v) is 8.56. The first-order valence-electron chi connectivity index (χ1n) is 7.57. The van der Waals surface area contributed by atoms with E-state index in [0.29, 0.717) is 29.8 Å². The fraction of sp³-hybridized carbons (Fsp3) is 0.786. The Hall–Kier alpha value is -1.08. The molecule has 1 atom stereocenters. The highest BCUT2D eigenvalue weighted by Gasteiger charge is 2.24. The smallest absolute Gasteiger partial charge is 0.277 e. The number of amides is 1. The molecule has 21 heavy (non-hydrogen) atoms. The molecule has 1 fully saturated rings. The number of hydrogen-bond donors (Lipinski definition) is 0. The third-order valence-electron chi connectivity index (χ3n) is 3.36. The maximum atomic E-state index is 12.2. The van der Waals surface area contributed by atoms with E-state index in [1.807, 2.05) is 11.8 Å². The van der Waals surface area contributed by atoms with Crippen molar-refractivity contribution in [3.63, 3.8) is 0 Å². The minimum absolute atomic E-state index is 0.112. The second kappa shape index (κ2) is 8.38. The number of aryl methyl sites for hydroxylation is 1. The van der Waals surface area contributed by atoms with E-state index in [4.69, 9.17) is 9.15 Å². The molecule has 1 aliphatic heterocycles. The van der Waals surface area contributed by atoms with Crippen LogP contribution in [0, 0.1) is 0 Å². The number of ether oxygens (including phenoxy) is 1. The summed E-state index contributed by atoms with van der Waals surface area (Å²) in [6, 6.07) is 0. The Balaban J connectivity index is 1.76. The van der Waals surface area contributed by atoms with Gasteiger partial charge in [-0.3, -0.25) is 4.79 Å². The average Bonchev–Trinajstić information content (AvgIpc) is 2.99. The number of hydrogen-bond acceptors (Lipinski definition) is 6. The number of carbonyl (C=O) groups is 1. The Morgan fingerprint density at radius 3 is 3.05 bits per heavy atom. The molecule has 0 N–H and O–H groups in total. The molecule has 1 aliphatic rings. The molecule has 7 heteroatoms. The molecule has 0 radical (unpaired) electrons. The average molecular weight is 313 g/mol. The molecule has 0 aromatic carbocycles. The van der Waals surface area contributed by atoms with Crippen LogP contribution in [0.2, 0.25) is 0 Å².